The Kier molecular flexibility index (Phi) is 5.83. The van der Waals surface area contributed by atoms with Crippen LogP contribution >= 0.6 is 11.8 Å². The summed E-state index contributed by atoms with van der Waals surface area (Å²) < 4.78 is 12.2. The van der Waals surface area contributed by atoms with E-state index >= 15 is 0 Å². The number of benzene rings is 1. The van der Waals surface area contributed by atoms with E-state index in [4.69, 9.17) is 9.47 Å². The number of carbonyl (C=O) groups is 1. The summed E-state index contributed by atoms with van der Waals surface area (Å²) in [6.45, 7) is 4.76. The van der Waals surface area contributed by atoms with Crippen LogP contribution in [0, 0.1) is 0 Å². The molecule has 0 atom stereocenters. The van der Waals surface area contributed by atoms with Crippen LogP contribution in [-0.4, -0.2) is 39.7 Å². The van der Waals surface area contributed by atoms with Crippen LogP contribution in [0.4, 0.5) is 0 Å². The Morgan fingerprint density at radius 3 is 2.55 bits per heavy atom. The van der Waals surface area contributed by atoms with E-state index in [0.29, 0.717) is 18.4 Å². The summed E-state index contributed by atoms with van der Waals surface area (Å²) in [5, 5.41) is 8.98. The predicted octanol–water partition coefficient (Wildman–Crippen LogP) is 2.54. The lowest BCUT2D eigenvalue weighted by Crippen LogP contribution is -2.07. The molecule has 1 aromatic heterocycles. The molecule has 0 spiro atoms. The van der Waals surface area contributed by atoms with Gasteiger partial charge in [-0.2, -0.15) is 0 Å². The lowest BCUT2D eigenvalue weighted by molar-refractivity contribution is -0.139. The van der Waals surface area contributed by atoms with Gasteiger partial charge in [0.2, 0.25) is 0 Å². The maximum atomic E-state index is 11.4. The van der Waals surface area contributed by atoms with Gasteiger partial charge in [0, 0.05) is 12.6 Å². The summed E-state index contributed by atoms with van der Waals surface area (Å²) in [4.78, 5) is 11.4. The van der Waals surface area contributed by atoms with E-state index in [0.717, 1.165) is 17.1 Å². The number of hydrogen-bond acceptors (Lipinski definition) is 6. The third-order valence-corrected chi connectivity index (χ3v) is 3.88. The van der Waals surface area contributed by atoms with Crippen molar-refractivity contribution in [2.24, 2.45) is 7.05 Å². The molecule has 0 unspecified atom stereocenters. The van der Waals surface area contributed by atoms with E-state index in [1.54, 1.807) is 6.92 Å². The zero-order valence-electron chi connectivity index (χ0n) is 12.9. The maximum absolute atomic E-state index is 11.4. The van der Waals surface area contributed by atoms with E-state index in [2.05, 4.69) is 10.2 Å². The molecule has 0 saturated carbocycles. The lowest BCUT2D eigenvalue weighted by atomic mass is 10.2. The monoisotopic (exact) mass is 321 g/mol. The van der Waals surface area contributed by atoms with Crippen LogP contribution in [0.5, 0.6) is 5.75 Å². The van der Waals surface area contributed by atoms with Gasteiger partial charge in [0.15, 0.2) is 11.0 Å². The molecule has 0 amide bonds. The van der Waals surface area contributed by atoms with Crippen LogP contribution in [0.1, 0.15) is 13.8 Å². The van der Waals surface area contributed by atoms with E-state index < -0.39 is 0 Å². The number of hydrogen-bond donors (Lipinski definition) is 0. The van der Waals surface area contributed by atoms with Crippen LogP contribution in [0.2, 0.25) is 0 Å². The first-order valence-corrected chi connectivity index (χ1v) is 8.05. The Hall–Kier alpha value is -2.02. The molecule has 0 aliphatic rings. The molecule has 1 heterocycles. The fraction of sp³-hybridized carbons (Fsp3) is 0.400. The molecule has 6 nitrogen and oxygen atoms in total. The number of nitrogens with zero attached hydrogens (tertiary/aromatic N) is 3. The molecule has 7 heteroatoms. The van der Waals surface area contributed by atoms with Crippen molar-refractivity contribution in [3.8, 4) is 17.1 Å². The largest absolute Gasteiger partial charge is 0.494 e. The number of ether oxygens (including phenoxy) is 2. The van der Waals surface area contributed by atoms with Gasteiger partial charge in [-0.1, -0.05) is 11.8 Å². The molecule has 118 valence electrons. The highest BCUT2D eigenvalue weighted by molar-refractivity contribution is 7.99. The van der Waals surface area contributed by atoms with Crippen molar-refractivity contribution in [1.82, 2.24) is 14.8 Å². The molecule has 1 aromatic carbocycles. The second-order valence-corrected chi connectivity index (χ2v) is 5.36. The van der Waals surface area contributed by atoms with Gasteiger partial charge in [0.25, 0.3) is 0 Å². The van der Waals surface area contributed by atoms with Crippen molar-refractivity contribution in [3.05, 3.63) is 24.3 Å². The fourth-order valence-electron chi connectivity index (χ4n) is 1.88. The molecular formula is C15H19N3O3S. The molecule has 0 saturated heterocycles. The van der Waals surface area contributed by atoms with Gasteiger partial charge in [-0.25, -0.2) is 0 Å². The van der Waals surface area contributed by atoms with Gasteiger partial charge in [-0.15, -0.1) is 10.2 Å². The highest BCUT2D eigenvalue weighted by Crippen LogP contribution is 2.24. The quantitative estimate of drug-likeness (QED) is 0.577. The Morgan fingerprint density at radius 1 is 1.18 bits per heavy atom. The summed E-state index contributed by atoms with van der Waals surface area (Å²) in [5.41, 5.74) is 0.946. The van der Waals surface area contributed by atoms with E-state index in [1.165, 1.54) is 11.8 Å². The number of aromatic nitrogens is 3. The molecule has 0 N–H and O–H groups in total. The maximum Gasteiger partial charge on any atom is 0.316 e. The summed E-state index contributed by atoms with van der Waals surface area (Å²) in [6, 6.07) is 7.68. The van der Waals surface area contributed by atoms with Gasteiger partial charge in [-0.3, -0.25) is 4.79 Å². The zero-order chi connectivity index (χ0) is 15.9. The minimum Gasteiger partial charge on any atom is -0.494 e. The Morgan fingerprint density at radius 2 is 1.91 bits per heavy atom. The molecule has 2 aromatic rings. The Bertz CT molecular complexity index is 625. The first-order chi connectivity index (χ1) is 10.7. The number of rotatable bonds is 7. The average molecular weight is 321 g/mol. The molecule has 0 radical (unpaired) electrons. The molecular weight excluding hydrogens is 302 g/mol. The fourth-order valence-corrected chi connectivity index (χ4v) is 2.59. The first-order valence-electron chi connectivity index (χ1n) is 7.06. The normalized spacial score (nSPS) is 10.5. The number of thioether (sulfide) groups is 1. The molecule has 0 aliphatic carbocycles. The number of esters is 1. The molecule has 0 bridgehead atoms. The Balaban J connectivity index is 2.08. The van der Waals surface area contributed by atoms with E-state index in [-0.39, 0.29) is 11.7 Å². The van der Waals surface area contributed by atoms with Crippen molar-refractivity contribution in [1.29, 1.82) is 0 Å². The predicted molar refractivity (Wildman–Crippen MR) is 85.0 cm³/mol. The van der Waals surface area contributed by atoms with Gasteiger partial charge in [0.1, 0.15) is 5.75 Å². The second-order valence-electron chi connectivity index (χ2n) is 4.42. The standard InChI is InChI=1S/C15H19N3O3S/c1-4-20-12-8-6-11(7-9-12)14-16-17-15(18(14)3)22-10-13(19)21-5-2/h6-9H,4-5,10H2,1-3H3. The van der Waals surface area contributed by atoms with Gasteiger partial charge in [-0.05, 0) is 38.1 Å². The SMILES string of the molecule is CCOC(=O)CSc1nnc(-c2ccc(OCC)cc2)n1C. The summed E-state index contributed by atoms with van der Waals surface area (Å²) in [5.74, 6) is 1.54. The third kappa shape index (κ3) is 4.00. The summed E-state index contributed by atoms with van der Waals surface area (Å²) in [6.07, 6.45) is 0. The van der Waals surface area contributed by atoms with Crippen LogP contribution in [0.15, 0.2) is 29.4 Å². The summed E-state index contributed by atoms with van der Waals surface area (Å²) >= 11 is 1.31. The zero-order valence-corrected chi connectivity index (χ0v) is 13.7. The van der Waals surface area contributed by atoms with Crippen molar-refractivity contribution in [2.45, 2.75) is 19.0 Å². The highest BCUT2D eigenvalue weighted by Gasteiger charge is 2.13. The third-order valence-electron chi connectivity index (χ3n) is 2.88. The van der Waals surface area contributed by atoms with Crippen molar-refractivity contribution < 1.29 is 14.3 Å². The topological polar surface area (TPSA) is 66.2 Å². The van der Waals surface area contributed by atoms with Crippen LogP contribution in [0.25, 0.3) is 11.4 Å². The van der Waals surface area contributed by atoms with Crippen LogP contribution in [-0.2, 0) is 16.6 Å². The van der Waals surface area contributed by atoms with E-state index in [9.17, 15) is 4.79 Å². The minimum absolute atomic E-state index is 0.225. The van der Waals surface area contributed by atoms with Crippen molar-refractivity contribution in [2.75, 3.05) is 19.0 Å². The Labute approximate surface area is 133 Å². The van der Waals surface area contributed by atoms with Crippen LogP contribution in [0.3, 0.4) is 0 Å². The first kappa shape index (κ1) is 16.4. The molecule has 0 fully saturated rings. The molecule has 22 heavy (non-hydrogen) atoms. The molecule has 0 aliphatic heterocycles. The van der Waals surface area contributed by atoms with Gasteiger partial charge >= 0.3 is 5.97 Å². The lowest BCUT2D eigenvalue weighted by Gasteiger charge is -2.06. The minimum atomic E-state index is -0.252. The smallest absolute Gasteiger partial charge is 0.316 e. The number of carbonyl (C=O) groups excluding carboxylic acids is 1. The van der Waals surface area contributed by atoms with Crippen molar-refractivity contribution >= 4 is 17.7 Å². The summed E-state index contributed by atoms with van der Waals surface area (Å²) in [7, 11) is 1.87. The second kappa shape index (κ2) is 7.84. The molecule has 2 rings (SSSR count). The van der Waals surface area contributed by atoms with E-state index in [1.807, 2.05) is 42.8 Å². The van der Waals surface area contributed by atoms with Gasteiger partial charge < -0.3 is 14.0 Å². The highest BCUT2D eigenvalue weighted by atomic mass is 32.2. The van der Waals surface area contributed by atoms with Crippen molar-refractivity contribution in [3.63, 3.8) is 0 Å². The van der Waals surface area contributed by atoms with Crippen LogP contribution < -0.4 is 4.74 Å². The van der Waals surface area contributed by atoms with Gasteiger partial charge in [0.05, 0.1) is 19.0 Å². The average Bonchev–Trinajstić information content (AvgIpc) is 2.88.